The van der Waals surface area contributed by atoms with Crippen LogP contribution < -0.4 is 5.32 Å². The highest BCUT2D eigenvalue weighted by atomic mass is 35.5. The average molecular weight is 298 g/mol. The van der Waals surface area contributed by atoms with Gasteiger partial charge < -0.3 is 5.32 Å². The Hall–Kier alpha value is -0.830. The summed E-state index contributed by atoms with van der Waals surface area (Å²) in [5.74, 6) is 1.74. The molecule has 0 spiro atoms. The summed E-state index contributed by atoms with van der Waals surface area (Å²) in [4.78, 5) is 8.37. The van der Waals surface area contributed by atoms with Crippen LogP contribution in [0.4, 0.5) is 5.82 Å². The first-order valence-electron chi connectivity index (χ1n) is 7.88. The number of aromatic nitrogens is 2. The summed E-state index contributed by atoms with van der Waals surface area (Å²) in [6.45, 7) is 7.68. The number of hydrogen-bond acceptors (Lipinski definition) is 3. The molecule has 0 aliphatic rings. The molecule has 0 amide bonds. The molecule has 0 saturated heterocycles. The average Bonchev–Trinajstić information content (AvgIpc) is 2.41. The first-order chi connectivity index (χ1) is 9.65. The number of hydrogen-bond donors (Lipinski definition) is 1. The summed E-state index contributed by atoms with van der Waals surface area (Å²) >= 11 is 6.13. The predicted molar refractivity (Wildman–Crippen MR) is 87.4 cm³/mol. The van der Waals surface area contributed by atoms with E-state index < -0.39 is 0 Å². The van der Waals surface area contributed by atoms with Gasteiger partial charge in [-0.3, -0.25) is 0 Å². The monoisotopic (exact) mass is 297 g/mol. The van der Waals surface area contributed by atoms with Gasteiger partial charge in [0.2, 0.25) is 0 Å². The van der Waals surface area contributed by atoms with Gasteiger partial charge in [0.1, 0.15) is 17.3 Å². The number of nitrogens with one attached hydrogen (secondary N) is 1. The van der Waals surface area contributed by atoms with Gasteiger partial charge in [-0.25, -0.2) is 9.97 Å². The molecule has 0 aliphatic heterocycles. The van der Waals surface area contributed by atoms with E-state index in [4.69, 9.17) is 11.6 Å². The van der Waals surface area contributed by atoms with Crippen molar-refractivity contribution in [3.05, 3.63) is 17.0 Å². The molecule has 0 unspecified atom stereocenters. The van der Waals surface area contributed by atoms with Crippen LogP contribution in [0.5, 0.6) is 0 Å². The minimum absolute atomic E-state index is 0.585. The number of rotatable bonds is 10. The van der Waals surface area contributed by atoms with E-state index in [-0.39, 0.29) is 0 Å². The molecule has 0 radical (unpaired) electrons. The normalized spacial score (nSPS) is 11.1. The lowest BCUT2D eigenvalue weighted by molar-refractivity contribution is 0.523. The smallest absolute Gasteiger partial charge is 0.137 e. The molecule has 1 rings (SSSR count). The second-order valence-electron chi connectivity index (χ2n) is 5.77. The molecule has 1 aromatic rings. The van der Waals surface area contributed by atoms with Crippen LogP contribution in [0, 0.1) is 5.92 Å². The number of anilines is 1. The SMILES string of the molecule is CCCc1c(Cl)ncnc1NCCCCCCC(C)C. The van der Waals surface area contributed by atoms with Gasteiger partial charge >= 0.3 is 0 Å². The molecule has 20 heavy (non-hydrogen) atoms. The van der Waals surface area contributed by atoms with E-state index >= 15 is 0 Å². The maximum absolute atomic E-state index is 6.13. The van der Waals surface area contributed by atoms with Crippen molar-refractivity contribution in [2.75, 3.05) is 11.9 Å². The molecule has 0 aromatic carbocycles. The van der Waals surface area contributed by atoms with Gasteiger partial charge in [0, 0.05) is 12.1 Å². The molecular weight excluding hydrogens is 270 g/mol. The lowest BCUT2D eigenvalue weighted by Crippen LogP contribution is -2.07. The fourth-order valence-electron chi connectivity index (χ4n) is 2.25. The molecule has 4 heteroatoms. The van der Waals surface area contributed by atoms with E-state index in [0.29, 0.717) is 5.15 Å². The van der Waals surface area contributed by atoms with Gasteiger partial charge in [0.25, 0.3) is 0 Å². The summed E-state index contributed by atoms with van der Waals surface area (Å²) in [5, 5.41) is 3.99. The first kappa shape index (κ1) is 17.2. The Morgan fingerprint density at radius 3 is 2.60 bits per heavy atom. The van der Waals surface area contributed by atoms with Crippen molar-refractivity contribution in [2.45, 2.75) is 65.7 Å². The quantitative estimate of drug-likeness (QED) is 0.482. The van der Waals surface area contributed by atoms with Gasteiger partial charge in [-0.1, -0.05) is 64.5 Å². The molecule has 3 nitrogen and oxygen atoms in total. The first-order valence-corrected chi connectivity index (χ1v) is 8.26. The summed E-state index contributed by atoms with van der Waals surface area (Å²) in [6.07, 6.45) is 9.99. The van der Waals surface area contributed by atoms with E-state index in [2.05, 4.69) is 36.1 Å². The molecule has 0 aliphatic carbocycles. The van der Waals surface area contributed by atoms with Crippen molar-refractivity contribution >= 4 is 17.4 Å². The zero-order valence-corrected chi connectivity index (χ0v) is 13.8. The summed E-state index contributed by atoms with van der Waals surface area (Å²) < 4.78 is 0. The van der Waals surface area contributed by atoms with E-state index in [0.717, 1.165) is 36.7 Å². The number of unbranched alkanes of at least 4 members (excludes halogenated alkanes) is 3. The third-order valence-corrected chi connectivity index (χ3v) is 3.72. The standard InChI is InChI=1S/C16H28ClN3/c1-4-9-14-15(17)19-12-20-16(14)18-11-8-6-5-7-10-13(2)3/h12-13H,4-11H2,1-3H3,(H,18,19,20). The topological polar surface area (TPSA) is 37.8 Å². The molecular formula is C16H28ClN3. The van der Waals surface area contributed by atoms with E-state index in [1.807, 2.05) is 0 Å². The summed E-state index contributed by atoms with van der Waals surface area (Å²) in [6, 6.07) is 0. The lowest BCUT2D eigenvalue weighted by Gasteiger charge is -2.11. The maximum Gasteiger partial charge on any atom is 0.137 e. The molecule has 1 N–H and O–H groups in total. The Morgan fingerprint density at radius 1 is 1.15 bits per heavy atom. The van der Waals surface area contributed by atoms with E-state index in [9.17, 15) is 0 Å². The predicted octanol–water partition coefficient (Wildman–Crippen LogP) is 5.10. The third kappa shape index (κ3) is 6.56. The fraction of sp³-hybridized carbons (Fsp3) is 0.750. The second kappa shape index (κ2) is 9.98. The van der Waals surface area contributed by atoms with Crippen LogP contribution in [-0.2, 0) is 6.42 Å². The molecule has 1 heterocycles. The molecule has 0 saturated carbocycles. The molecule has 114 valence electrons. The Labute approximate surface area is 128 Å². The largest absolute Gasteiger partial charge is 0.370 e. The highest BCUT2D eigenvalue weighted by Gasteiger charge is 2.08. The van der Waals surface area contributed by atoms with Crippen molar-refractivity contribution in [3.8, 4) is 0 Å². The summed E-state index contributed by atoms with van der Waals surface area (Å²) in [5.41, 5.74) is 1.05. The second-order valence-corrected chi connectivity index (χ2v) is 6.12. The molecule has 0 atom stereocenters. The van der Waals surface area contributed by atoms with Gasteiger partial charge in [-0.2, -0.15) is 0 Å². The Bertz CT molecular complexity index is 380. The minimum atomic E-state index is 0.585. The van der Waals surface area contributed by atoms with Crippen LogP contribution in [0.2, 0.25) is 5.15 Å². The van der Waals surface area contributed by atoms with E-state index in [1.54, 1.807) is 0 Å². The third-order valence-electron chi connectivity index (χ3n) is 3.39. The molecule has 1 aromatic heterocycles. The lowest BCUT2D eigenvalue weighted by atomic mass is 10.0. The van der Waals surface area contributed by atoms with Crippen LogP contribution in [0.1, 0.15) is 64.9 Å². The Balaban J connectivity index is 2.26. The van der Waals surface area contributed by atoms with Gasteiger partial charge in [0.05, 0.1) is 0 Å². The maximum atomic E-state index is 6.13. The van der Waals surface area contributed by atoms with Crippen LogP contribution in [0.15, 0.2) is 6.33 Å². The van der Waals surface area contributed by atoms with Crippen LogP contribution in [-0.4, -0.2) is 16.5 Å². The van der Waals surface area contributed by atoms with Crippen molar-refractivity contribution in [1.29, 1.82) is 0 Å². The molecule has 0 fully saturated rings. The minimum Gasteiger partial charge on any atom is -0.370 e. The van der Waals surface area contributed by atoms with Crippen molar-refractivity contribution in [2.24, 2.45) is 5.92 Å². The van der Waals surface area contributed by atoms with Crippen molar-refractivity contribution in [3.63, 3.8) is 0 Å². The summed E-state index contributed by atoms with van der Waals surface area (Å²) in [7, 11) is 0. The van der Waals surface area contributed by atoms with Crippen LogP contribution >= 0.6 is 11.6 Å². The zero-order valence-electron chi connectivity index (χ0n) is 13.1. The molecule has 0 bridgehead atoms. The van der Waals surface area contributed by atoms with Crippen molar-refractivity contribution in [1.82, 2.24) is 9.97 Å². The number of halogens is 1. The van der Waals surface area contributed by atoms with Crippen LogP contribution in [0.25, 0.3) is 0 Å². The fourth-order valence-corrected chi connectivity index (χ4v) is 2.48. The number of nitrogens with zero attached hydrogens (tertiary/aromatic N) is 2. The Kier molecular flexibility index (Phi) is 8.59. The van der Waals surface area contributed by atoms with Gasteiger partial charge in [-0.05, 0) is 18.8 Å². The van der Waals surface area contributed by atoms with Gasteiger partial charge in [-0.15, -0.1) is 0 Å². The highest BCUT2D eigenvalue weighted by molar-refractivity contribution is 6.30. The van der Waals surface area contributed by atoms with Gasteiger partial charge in [0.15, 0.2) is 0 Å². The van der Waals surface area contributed by atoms with E-state index in [1.165, 1.54) is 38.4 Å². The Morgan fingerprint density at radius 2 is 1.90 bits per heavy atom. The van der Waals surface area contributed by atoms with Crippen molar-refractivity contribution < 1.29 is 0 Å². The highest BCUT2D eigenvalue weighted by Crippen LogP contribution is 2.21. The zero-order chi connectivity index (χ0) is 14.8. The van der Waals surface area contributed by atoms with Crippen LogP contribution in [0.3, 0.4) is 0 Å².